The third-order valence-electron chi connectivity index (χ3n) is 6.03. The van der Waals surface area contributed by atoms with Crippen LogP contribution in [0.2, 0.25) is 0 Å². The van der Waals surface area contributed by atoms with Crippen LogP contribution in [0.25, 0.3) is 22.4 Å². The van der Waals surface area contributed by atoms with Crippen molar-refractivity contribution in [2.45, 2.75) is 42.9 Å². The van der Waals surface area contributed by atoms with Crippen molar-refractivity contribution >= 4 is 40.7 Å². The molecule has 31 heavy (non-hydrogen) atoms. The van der Waals surface area contributed by atoms with E-state index in [0.717, 1.165) is 24.8 Å². The predicted octanol–water partition coefficient (Wildman–Crippen LogP) is 6.09. The molecule has 0 spiro atoms. The van der Waals surface area contributed by atoms with Gasteiger partial charge in [-0.25, -0.2) is 9.37 Å². The molecule has 3 nitrogen and oxygen atoms in total. The van der Waals surface area contributed by atoms with Gasteiger partial charge in [0.15, 0.2) is 5.00 Å². The van der Waals surface area contributed by atoms with Crippen LogP contribution in [0.1, 0.15) is 37.1 Å². The summed E-state index contributed by atoms with van der Waals surface area (Å²) in [6.45, 7) is 4.13. The summed E-state index contributed by atoms with van der Waals surface area (Å²) in [5, 5.41) is 2.34. The molecular weight excluding hydrogens is 426 g/mol. The van der Waals surface area contributed by atoms with Crippen molar-refractivity contribution in [3.8, 4) is 0 Å². The van der Waals surface area contributed by atoms with Gasteiger partial charge in [0.1, 0.15) is 0 Å². The fourth-order valence-corrected chi connectivity index (χ4v) is 4.54. The molecule has 1 aromatic heterocycles. The number of allylic oxidation sites excluding steroid dienone is 2. The lowest BCUT2D eigenvalue weighted by Gasteiger charge is -2.39. The number of anilines is 1. The molecule has 0 bridgehead atoms. The number of pyridine rings is 1. The Labute approximate surface area is 184 Å². The normalized spacial score (nSPS) is 24.7. The molecule has 1 aromatic carbocycles. The van der Waals surface area contributed by atoms with Gasteiger partial charge < -0.3 is 10.2 Å². The van der Waals surface area contributed by atoms with Gasteiger partial charge in [-0.2, -0.15) is 13.2 Å². The van der Waals surface area contributed by atoms with Crippen LogP contribution in [0, 0.1) is 0 Å². The van der Waals surface area contributed by atoms with Crippen molar-refractivity contribution in [1.29, 1.82) is 0 Å². The number of hydrogen-bond donors (Lipinski definition) is 2. The van der Waals surface area contributed by atoms with E-state index in [0.29, 0.717) is 35.1 Å². The maximum atomic E-state index is 15.1. The Kier molecular flexibility index (Phi) is 5.81. The molecule has 0 amide bonds. The minimum atomic E-state index is -4.60. The highest BCUT2D eigenvalue weighted by Gasteiger charge is 2.40. The number of benzene rings is 1. The van der Waals surface area contributed by atoms with Gasteiger partial charge in [-0.1, -0.05) is 24.3 Å². The molecule has 1 aliphatic carbocycles. The number of halogens is 4. The van der Waals surface area contributed by atoms with Crippen LogP contribution in [0.5, 0.6) is 0 Å². The van der Waals surface area contributed by atoms with Gasteiger partial charge in [-0.3, -0.25) is 0 Å². The zero-order valence-electron chi connectivity index (χ0n) is 17.3. The van der Waals surface area contributed by atoms with Crippen molar-refractivity contribution in [3.63, 3.8) is 0 Å². The molecule has 0 radical (unpaired) electrons. The summed E-state index contributed by atoms with van der Waals surface area (Å²) >= 11 is 4.22. The second kappa shape index (κ2) is 8.13. The molecule has 2 aliphatic rings. The van der Waals surface area contributed by atoms with Gasteiger partial charge in [0.25, 0.3) is 0 Å². The van der Waals surface area contributed by atoms with Crippen molar-refractivity contribution in [2.75, 3.05) is 25.5 Å². The number of fused-ring (bicyclic) bond motifs is 1. The van der Waals surface area contributed by atoms with E-state index in [1.54, 1.807) is 24.3 Å². The molecule has 166 valence electrons. The zero-order chi connectivity index (χ0) is 22.4. The Bertz CT molecular complexity index is 1040. The highest BCUT2D eigenvalue weighted by molar-refractivity contribution is 7.81. The van der Waals surface area contributed by atoms with Gasteiger partial charge >= 0.3 is 6.18 Å². The molecule has 4 rings (SSSR count). The molecule has 1 saturated heterocycles. The monoisotopic (exact) mass is 451 g/mol. The number of aromatic nitrogens is 1. The van der Waals surface area contributed by atoms with Gasteiger partial charge in [-0.15, -0.1) is 12.6 Å². The summed E-state index contributed by atoms with van der Waals surface area (Å²) in [5.74, 6) is 0. The first kappa shape index (κ1) is 22.1. The SMILES string of the molecule is C=C(c1nc(C=C2CCC2)cc2c(N[C@@H]3CCN(C)C[C@]3(F)S)cccc12)C(F)(F)F. The Balaban J connectivity index is 1.81. The Hall–Kier alpha value is -2.06. The van der Waals surface area contributed by atoms with Crippen molar-refractivity contribution in [3.05, 3.63) is 47.8 Å². The first-order valence-electron chi connectivity index (χ1n) is 10.3. The van der Waals surface area contributed by atoms with Crippen LogP contribution in [-0.2, 0) is 0 Å². The van der Waals surface area contributed by atoms with Crippen molar-refractivity contribution in [2.24, 2.45) is 0 Å². The number of nitrogens with one attached hydrogen (secondary N) is 1. The number of rotatable bonds is 4. The van der Waals surface area contributed by atoms with Crippen molar-refractivity contribution < 1.29 is 17.6 Å². The first-order chi connectivity index (χ1) is 14.5. The molecule has 8 heteroatoms. The van der Waals surface area contributed by atoms with E-state index in [2.05, 4.69) is 29.5 Å². The minimum Gasteiger partial charge on any atom is -0.378 e. The largest absolute Gasteiger partial charge is 0.417 e. The number of thiol groups is 1. The number of alkyl halides is 4. The van der Waals surface area contributed by atoms with E-state index in [1.807, 2.05) is 18.0 Å². The Morgan fingerprint density at radius 2 is 2.06 bits per heavy atom. The van der Waals surface area contributed by atoms with Gasteiger partial charge in [0, 0.05) is 29.5 Å². The third kappa shape index (κ3) is 4.60. The van der Waals surface area contributed by atoms with E-state index in [1.165, 1.54) is 0 Å². The summed E-state index contributed by atoms with van der Waals surface area (Å²) < 4.78 is 55.6. The summed E-state index contributed by atoms with van der Waals surface area (Å²) in [5.41, 5.74) is 0.999. The van der Waals surface area contributed by atoms with E-state index >= 15 is 4.39 Å². The van der Waals surface area contributed by atoms with Crippen molar-refractivity contribution in [1.82, 2.24) is 9.88 Å². The van der Waals surface area contributed by atoms with Gasteiger partial charge in [-0.05, 0) is 50.9 Å². The van der Waals surface area contributed by atoms with E-state index in [4.69, 9.17) is 0 Å². The summed E-state index contributed by atoms with van der Waals surface area (Å²) in [6.07, 6.45) is 0.699. The molecule has 2 fully saturated rings. The molecule has 2 heterocycles. The summed E-state index contributed by atoms with van der Waals surface area (Å²) in [4.78, 5) is 6.16. The van der Waals surface area contributed by atoms with Crippen LogP contribution in [0.3, 0.4) is 0 Å². The molecule has 0 unspecified atom stereocenters. The fourth-order valence-electron chi connectivity index (χ4n) is 4.10. The predicted molar refractivity (Wildman–Crippen MR) is 121 cm³/mol. The van der Waals surface area contributed by atoms with Gasteiger partial charge in [0.2, 0.25) is 0 Å². The highest BCUT2D eigenvalue weighted by atomic mass is 32.1. The first-order valence-corrected chi connectivity index (χ1v) is 10.8. The number of nitrogens with zero attached hydrogens (tertiary/aromatic N) is 2. The molecular formula is C23H25F4N3S. The number of piperidine rings is 1. The minimum absolute atomic E-state index is 0.160. The number of hydrogen-bond acceptors (Lipinski definition) is 4. The third-order valence-corrected chi connectivity index (χ3v) is 6.48. The van der Waals surface area contributed by atoms with Crippen LogP contribution < -0.4 is 5.32 Å². The lowest BCUT2D eigenvalue weighted by atomic mass is 9.91. The maximum absolute atomic E-state index is 15.1. The van der Waals surface area contributed by atoms with Crippen LogP contribution in [-0.4, -0.2) is 47.2 Å². The lowest BCUT2D eigenvalue weighted by molar-refractivity contribution is -0.0688. The second-order valence-corrected chi connectivity index (χ2v) is 9.21. The zero-order valence-corrected chi connectivity index (χ0v) is 18.2. The van der Waals surface area contributed by atoms with E-state index in [9.17, 15) is 13.2 Å². The molecule has 1 N–H and O–H groups in total. The Morgan fingerprint density at radius 3 is 2.68 bits per heavy atom. The van der Waals surface area contributed by atoms with E-state index < -0.39 is 22.8 Å². The average molecular weight is 452 g/mol. The van der Waals surface area contributed by atoms with Crippen LogP contribution in [0.15, 0.2) is 36.4 Å². The second-order valence-electron chi connectivity index (χ2n) is 8.47. The summed E-state index contributed by atoms with van der Waals surface area (Å²) in [6, 6.07) is 6.19. The topological polar surface area (TPSA) is 28.2 Å². The fraction of sp³-hybridized carbons (Fsp3) is 0.435. The average Bonchev–Trinajstić information content (AvgIpc) is 2.65. The number of likely N-dealkylation sites (tertiary alicyclic amines) is 1. The van der Waals surface area contributed by atoms with Crippen LogP contribution >= 0.6 is 12.6 Å². The highest BCUT2D eigenvalue weighted by Crippen LogP contribution is 2.39. The van der Waals surface area contributed by atoms with Crippen LogP contribution in [0.4, 0.5) is 23.2 Å². The molecule has 2 atom stereocenters. The standard InChI is InChI=1S/C23H25F4N3S/c1-14(23(25,26)27)21-17-7-4-8-19(29-20-9-10-30(2)13-22(20,24)31)18(17)12-16(28-21)11-15-5-3-6-15/h4,7-8,11-12,20,29,31H,1,3,5-6,9-10,13H2,2H3/t20-,22+/m1/s1. The molecule has 2 aromatic rings. The maximum Gasteiger partial charge on any atom is 0.417 e. The Morgan fingerprint density at radius 1 is 1.32 bits per heavy atom. The summed E-state index contributed by atoms with van der Waals surface area (Å²) in [7, 11) is 1.83. The van der Waals surface area contributed by atoms with E-state index in [-0.39, 0.29) is 12.2 Å². The molecule has 1 saturated carbocycles. The lowest BCUT2D eigenvalue weighted by Crippen LogP contribution is -2.52. The smallest absolute Gasteiger partial charge is 0.378 e. The molecule has 1 aliphatic heterocycles. The van der Waals surface area contributed by atoms with Gasteiger partial charge in [0.05, 0.1) is 23.0 Å². The quantitative estimate of drug-likeness (QED) is 0.435.